The number of hydrogen-bond donors (Lipinski definition) is 2. The van der Waals surface area contributed by atoms with Gasteiger partial charge in [0.2, 0.25) is 5.91 Å². The summed E-state index contributed by atoms with van der Waals surface area (Å²) in [5.41, 5.74) is 9.49. The van der Waals surface area contributed by atoms with Gasteiger partial charge in [-0.2, -0.15) is 0 Å². The molecule has 3 rings (SSSR count). The molecule has 0 atom stereocenters. The van der Waals surface area contributed by atoms with Crippen LogP contribution in [0.3, 0.4) is 0 Å². The zero-order valence-corrected chi connectivity index (χ0v) is 18.4. The Morgan fingerprint density at radius 3 is 2.48 bits per heavy atom. The predicted octanol–water partition coefficient (Wildman–Crippen LogP) is 3.20. The molecule has 0 aliphatic rings. The average molecular weight is 457 g/mol. The van der Waals surface area contributed by atoms with Gasteiger partial charge in [0, 0.05) is 39.9 Å². The molecule has 2 aromatic carbocycles. The number of carbonyl (C=O) groups excluding carboxylic acids is 2. The van der Waals surface area contributed by atoms with E-state index < -0.39 is 0 Å². The lowest BCUT2D eigenvalue weighted by Crippen LogP contribution is -2.32. The van der Waals surface area contributed by atoms with Crippen LogP contribution in [0.2, 0.25) is 0 Å². The number of nitrogens with one attached hydrogen (secondary N) is 1. The van der Waals surface area contributed by atoms with E-state index in [1.807, 2.05) is 50.2 Å². The van der Waals surface area contributed by atoms with Crippen molar-refractivity contribution in [3.8, 4) is 0 Å². The lowest BCUT2D eigenvalue weighted by molar-refractivity contribution is -0.120. The first-order valence-electron chi connectivity index (χ1n) is 9.39. The number of halogens is 1. The molecule has 3 aromatic rings. The third kappa shape index (κ3) is 4.68. The van der Waals surface area contributed by atoms with Crippen molar-refractivity contribution in [3.05, 3.63) is 63.8 Å². The van der Waals surface area contributed by atoms with Crippen molar-refractivity contribution in [2.45, 2.75) is 13.3 Å². The third-order valence-electron chi connectivity index (χ3n) is 4.87. The molecule has 0 spiro atoms. The fraction of sp³-hybridized carbons (Fsp3) is 0.273. The molecular formula is C22H25BrN4O2. The van der Waals surface area contributed by atoms with E-state index in [9.17, 15) is 9.59 Å². The first kappa shape index (κ1) is 21.1. The molecule has 1 aromatic heterocycles. The van der Waals surface area contributed by atoms with Gasteiger partial charge < -0.3 is 16.0 Å². The maximum absolute atomic E-state index is 13.2. The number of fused-ring (bicyclic) bond motifs is 1. The number of nitrogen functional groups attached to an aromatic ring is 1. The number of likely N-dealkylation sites (N-methyl/N-ethyl adjacent to an activating group) is 1. The monoisotopic (exact) mass is 456 g/mol. The highest BCUT2D eigenvalue weighted by molar-refractivity contribution is 9.10. The minimum Gasteiger partial charge on any atom is -0.399 e. The number of anilines is 1. The second-order valence-corrected chi connectivity index (χ2v) is 8.23. The standard InChI is InChI=1S/C22H25BrN4O2/c1-14-18(13-21(28)25-10-11-26(2)3)19-12-17(24)8-9-20(19)27(14)22(29)15-4-6-16(23)7-5-15/h4-9,12H,10-11,13,24H2,1-3H3,(H,25,28). The van der Waals surface area contributed by atoms with E-state index in [1.54, 1.807) is 22.8 Å². The molecule has 0 aliphatic carbocycles. The van der Waals surface area contributed by atoms with E-state index in [-0.39, 0.29) is 18.2 Å². The Bertz CT molecular complexity index is 1050. The molecule has 1 amide bonds. The fourth-order valence-electron chi connectivity index (χ4n) is 3.35. The number of rotatable bonds is 6. The molecule has 7 heteroatoms. The van der Waals surface area contributed by atoms with E-state index in [0.29, 0.717) is 17.8 Å². The molecule has 6 nitrogen and oxygen atoms in total. The second-order valence-electron chi connectivity index (χ2n) is 7.32. The van der Waals surface area contributed by atoms with Crippen LogP contribution >= 0.6 is 15.9 Å². The first-order valence-corrected chi connectivity index (χ1v) is 10.2. The van der Waals surface area contributed by atoms with Gasteiger partial charge in [-0.05, 0) is 69.0 Å². The van der Waals surface area contributed by atoms with Crippen LogP contribution in [-0.2, 0) is 11.2 Å². The number of hydrogen-bond acceptors (Lipinski definition) is 4. The zero-order valence-electron chi connectivity index (χ0n) is 16.8. The van der Waals surface area contributed by atoms with Gasteiger partial charge in [-0.1, -0.05) is 15.9 Å². The van der Waals surface area contributed by atoms with Gasteiger partial charge in [-0.15, -0.1) is 0 Å². The van der Waals surface area contributed by atoms with Crippen molar-refractivity contribution < 1.29 is 9.59 Å². The maximum atomic E-state index is 13.2. The van der Waals surface area contributed by atoms with Crippen LogP contribution in [0, 0.1) is 6.92 Å². The van der Waals surface area contributed by atoms with Gasteiger partial charge >= 0.3 is 0 Å². The summed E-state index contributed by atoms with van der Waals surface area (Å²) in [6.07, 6.45) is 0.194. The quantitative estimate of drug-likeness (QED) is 0.558. The molecule has 3 N–H and O–H groups in total. The molecule has 152 valence electrons. The van der Waals surface area contributed by atoms with Crippen molar-refractivity contribution in [3.63, 3.8) is 0 Å². The summed E-state index contributed by atoms with van der Waals surface area (Å²) in [7, 11) is 3.92. The molecule has 29 heavy (non-hydrogen) atoms. The predicted molar refractivity (Wildman–Crippen MR) is 120 cm³/mol. The van der Waals surface area contributed by atoms with Gasteiger partial charge in [0.15, 0.2) is 0 Å². The van der Waals surface area contributed by atoms with Crippen LogP contribution in [-0.4, -0.2) is 48.5 Å². The van der Waals surface area contributed by atoms with Crippen LogP contribution in [0.5, 0.6) is 0 Å². The van der Waals surface area contributed by atoms with E-state index in [2.05, 4.69) is 21.2 Å². The molecular weight excluding hydrogens is 432 g/mol. The molecule has 1 heterocycles. The summed E-state index contributed by atoms with van der Waals surface area (Å²) >= 11 is 3.39. The minimum absolute atomic E-state index is 0.0764. The average Bonchev–Trinajstić information content (AvgIpc) is 2.93. The summed E-state index contributed by atoms with van der Waals surface area (Å²) < 4.78 is 2.58. The summed E-state index contributed by atoms with van der Waals surface area (Å²) in [5, 5.41) is 3.76. The Morgan fingerprint density at radius 2 is 1.83 bits per heavy atom. The molecule has 0 saturated carbocycles. The number of amides is 1. The fourth-order valence-corrected chi connectivity index (χ4v) is 3.61. The SMILES string of the molecule is Cc1c(CC(=O)NCCN(C)C)c2cc(N)ccc2n1C(=O)c1ccc(Br)cc1. The number of nitrogens with two attached hydrogens (primary N) is 1. The van der Waals surface area contributed by atoms with Crippen LogP contribution in [0.1, 0.15) is 21.6 Å². The molecule has 0 bridgehead atoms. The van der Waals surface area contributed by atoms with Crippen LogP contribution in [0.15, 0.2) is 46.9 Å². The highest BCUT2D eigenvalue weighted by Gasteiger charge is 2.21. The lowest BCUT2D eigenvalue weighted by Gasteiger charge is -2.11. The van der Waals surface area contributed by atoms with Gasteiger partial charge in [-0.25, -0.2) is 0 Å². The van der Waals surface area contributed by atoms with Gasteiger partial charge in [-0.3, -0.25) is 14.2 Å². The minimum atomic E-state index is -0.135. The molecule has 0 radical (unpaired) electrons. The molecule has 0 aliphatic heterocycles. The van der Waals surface area contributed by atoms with Gasteiger partial charge in [0.1, 0.15) is 0 Å². The van der Waals surface area contributed by atoms with Crippen molar-refractivity contribution in [1.82, 2.24) is 14.8 Å². The Kier molecular flexibility index (Phi) is 6.39. The number of aromatic nitrogens is 1. The maximum Gasteiger partial charge on any atom is 0.262 e. The highest BCUT2D eigenvalue weighted by atomic mass is 79.9. The topological polar surface area (TPSA) is 80.4 Å². The Labute approximate surface area is 178 Å². The second kappa shape index (κ2) is 8.80. The summed E-state index contributed by atoms with van der Waals surface area (Å²) in [4.78, 5) is 27.7. The van der Waals surface area contributed by atoms with Crippen molar-refractivity contribution in [1.29, 1.82) is 0 Å². The summed E-state index contributed by atoms with van der Waals surface area (Å²) in [6, 6.07) is 12.7. The third-order valence-corrected chi connectivity index (χ3v) is 5.40. The largest absolute Gasteiger partial charge is 0.399 e. The summed E-state index contributed by atoms with van der Waals surface area (Å²) in [6.45, 7) is 3.21. The van der Waals surface area contributed by atoms with Crippen LogP contribution < -0.4 is 11.1 Å². The van der Waals surface area contributed by atoms with Crippen molar-refractivity contribution >= 4 is 44.3 Å². The molecule has 0 fully saturated rings. The Morgan fingerprint density at radius 1 is 1.14 bits per heavy atom. The molecule has 0 saturated heterocycles. The number of benzene rings is 2. The first-order chi connectivity index (χ1) is 13.8. The Hall–Kier alpha value is -2.64. The van der Waals surface area contributed by atoms with E-state index in [1.165, 1.54) is 0 Å². The lowest BCUT2D eigenvalue weighted by atomic mass is 10.1. The van der Waals surface area contributed by atoms with Crippen molar-refractivity contribution in [2.75, 3.05) is 32.9 Å². The van der Waals surface area contributed by atoms with Gasteiger partial charge in [0.25, 0.3) is 5.91 Å². The number of carbonyl (C=O) groups is 2. The normalized spacial score (nSPS) is 11.2. The molecule has 0 unspecified atom stereocenters. The van der Waals surface area contributed by atoms with Crippen molar-refractivity contribution in [2.24, 2.45) is 0 Å². The van der Waals surface area contributed by atoms with E-state index >= 15 is 0 Å². The van der Waals surface area contributed by atoms with Crippen LogP contribution in [0.4, 0.5) is 5.69 Å². The Balaban J connectivity index is 1.99. The van der Waals surface area contributed by atoms with Crippen LogP contribution in [0.25, 0.3) is 10.9 Å². The smallest absolute Gasteiger partial charge is 0.262 e. The zero-order chi connectivity index (χ0) is 21.1. The van der Waals surface area contributed by atoms with E-state index in [0.717, 1.165) is 33.2 Å². The highest BCUT2D eigenvalue weighted by Crippen LogP contribution is 2.29. The number of nitrogens with zero attached hydrogens (tertiary/aromatic N) is 2. The summed E-state index contributed by atoms with van der Waals surface area (Å²) in [5.74, 6) is -0.212. The van der Waals surface area contributed by atoms with Gasteiger partial charge in [0.05, 0.1) is 11.9 Å². The van der Waals surface area contributed by atoms with E-state index in [4.69, 9.17) is 5.73 Å².